The number of esters is 1. The maximum atomic E-state index is 12.9. The fraction of sp³-hybridized carbons (Fsp3) is 0.0769. The molecule has 1 aliphatic heterocycles. The van der Waals surface area contributed by atoms with Crippen LogP contribution >= 0.6 is 39.9 Å². The molecule has 0 unspecified atom stereocenters. The third-order valence-corrected chi connectivity index (χ3v) is 6.82. The lowest BCUT2D eigenvalue weighted by Crippen LogP contribution is -2.27. The van der Waals surface area contributed by atoms with Crippen molar-refractivity contribution in [1.29, 1.82) is 0 Å². The number of thiocarbonyl (C=S) groups is 1. The van der Waals surface area contributed by atoms with Crippen LogP contribution in [0.5, 0.6) is 0 Å². The fourth-order valence-corrected chi connectivity index (χ4v) is 4.76. The number of hydrogen-bond acceptors (Lipinski definition) is 6. The van der Waals surface area contributed by atoms with Gasteiger partial charge in [-0.25, -0.2) is 4.79 Å². The number of nitrogens with zero attached hydrogens (tertiary/aromatic N) is 1. The van der Waals surface area contributed by atoms with Gasteiger partial charge in [-0.05, 0) is 67.1 Å². The molecule has 1 N–H and O–H groups in total. The quantitative estimate of drug-likeness (QED) is 0.225. The second-order valence-corrected chi connectivity index (χ2v) is 10.2. The smallest absolute Gasteiger partial charge is 0.338 e. The van der Waals surface area contributed by atoms with Crippen molar-refractivity contribution in [2.75, 3.05) is 16.8 Å². The van der Waals surface area contributed by atoms with Crippen LogP contribution in [0.15, 0.2) is 82.2 Å². The van der Waals surface area contributed by atoms with E-state index in [9.17, 15) is 14.4 Å². The van der Waals surface area contributed by atoms with Crippen molar-refractivity contribution < 1.29 is 19.1 Å². The Hall–Kier alpha value is -3.27. The van der Waals surface area contributed by atoms with E-state index >= 15 is 0 Å². The van der Waals surface area contributed by atoms with E-state index in [1.165, 1.54) is 16.7 Å². The number of hydrogen-bond donors (Lipinski definition) is 1. The number of ether oxygens (including phenoxy) is 1. The number of anilines is 2. The Morgan fingerprint density at radius 1 is 1.03 bits per heavy atom. The predicted octanol–water partition coefficient (Wildman–Crippen LogP) is 5.96. The lowest BCUT2D eigenvalue weighted by molar-refractivity contribution is -0.119. The van der Waals surface area contributed by atoms with Gasteiger partial charge < -0.3 is 10.1 Å². The normalized spacial score (nSPS) is 14.3. The van der Waals surface area contributed by atoms with Crippen LogP contribution in [0.3, 0.4) is 0 Å². The molecule has 9 heteroatoms. The molecule has 0 bridgehead atoms. The Labute approximate surface area is 220 Å². The minimum absolute atomic E-state index is 0.203. The number of thioether (sulfide) groups is 1. The van der Waals surface area contributed by atoms with Gasteiger partial charge in [-0.1, -0.05) is 69.7 Å². The monoisotopic (exact) mass is 566 g/mol. The van der Waals surface area contributed by atoms with E-state index in [-0.39, 0.29) is 5.91 Å². The van der Waals surface area contributed by atoms with Crippen LogP contribution in [0.25, 0.3) is 6.08 Å². The summed E-state index contributed by atoms with van der Waals surface area (Å²) in [5.74, 6) is -1.24. The van der Waals surface area contributed by atoms with E-state index in [2.05, 4.69) is 21.2 Å². The van der Waals surface area contributed by atoms with Crippen LogP contribution in [-0.2, 0) is 14.3 Å². The molecule has 1 fully saturated rings. The van der Waals surface area contributed by atoms with Crippen molar-refractivity contribution in [3.8, 4) is 0 Å². The highest BCUT2D eigenvalue weighted by molar-refractivity contribution is 9.10. The Bertz CT molecular complexity index is 1320. The fourth-order valence-electron chi connectivity index (χ4n) is 3.20. The molecule has 3 aromatic carbocycles. The van der Waals surface area contributed by atoms with E-state index in [4.69, 9.17) is 17.0 Å². The summed E-state index contributed by atoms with van der Waals surface area (Å²) in [6.07, 6.45) is 1.72. The number of rotatable bonds is 6. The molecule has 4 rings (SSSR count). The summed E-state index contributed by atoms with van der Waals surface area (Å²) < 4.78 is 6.47. The predicted molar refractivity (Wildman–Crippen MR) is 146 cm³/mol. The highest BCUT2D eigenvalue weighted by Gasteiger charge is 2.33. The summed E-state index contributed by atoms with van der Waals surface area (Å²) >= 11 is 10.0. The highest BCUT2D eigenvalue weighted by Crippen LogP contribution is 2.36. The van der Waals surface area contributed by atoms with Crippen LogP contribution in [0, 0.1) is 6.92 Å². The number of nitrogens with one attached hydrogen (secondary N) is 1. The molecule has 0 saturated carbocycles. The van der Waals surface area contributed by atoms with E-state index in [0.717, 1.165) is 15.6 Å². The topological polar surface area (TPSA) is 75.7 Å². The molecular formula is C26H19BrN2O4S2. The Kier molecular flexibility index (Phi) is 7.80. The molecule has 0 radical (unpaired) electrons. The van der Waals surface area contributed by atoms with Gasteiger partial charge in [-0.2, -0.15) is 0 Å². The van der Waals surface area contributed by atoms with Crippen molar-refractivity contribution in [2.45, 2.75) is 6.92 Å². The molecule has 176 valence electrons. The van der Waals surface area contributed by atoms with Gasteiger partial charge >= 0.3 is 5.97 Å². The summed E-state index contributed by atoms with van der Waals surface area (Å²) in [4.78, 5) is 39.2. The summed E-state index contributed by atoms with van der Waals surface area (Å²) in [7, 11) is 0. The summed E-state index contributed by atoms with van der Waals surface area (Å²) in [6.45, 7) is 1.56. The third-order valence-electron chi connectivity index (χ3n) is 4.99. The Morgan fingerprint density at radius 3 is 2.34 bits per heavy atom. The van der Waals surface area contributed by atoms with Crippen molar-refractivity contribution in [3.63, 3.8) is 0 Å². The lowest BCUT2D eigenvalue weighted by Gasteiger charge is -2.14. The van der Waals surface area contributed by atoms with Gasteiger partial charge in [0.05, 0.1) is 16.2 Å². The first-order chi connectivity index (χ1) is 16.8. The number of halogens is 1. The van der Waals surface area contributed by atoms with E-state index in [0.29, 0.717) is 26.2 Å². The summed E-state index contributed by atoms with van der Waals surface area (Å²) in [5.41, 5.74) is 3.44. The second kappa shape index (κ2) is 11.0. The van der Waals surface area contributed by atoms with E-state index in [1.807, 2.05) is 43.3 Å². The summed E-state index contributed by atoms with van der Waals surface area (Å²) in [5, 5.41) is 2.68. The van der Waals surface area contributed by atoms with Crippen molar-refractivity contribution >= 4 is 79.5 Å². The Balaban J connectivity index is 1.36. The van der Waals surface area contributed by atoms with Gasteiger partial charge in [0.15, 0.2) is 10.9 Å². The van der Waals surface area contributed by atoms with Gasteiger partial charge in [-0.3, -0.25) is 14.5 Å². The highest BCUT2D eigenvalue weighted by atomic mass is 79.9. The zero-order chi connectivity index (χ0) is 24.9. The molecule has 1 saturated heterocycles. The van der Waals surface area contributed by atoms with Crippen molar-refractivity contribution in [3.05, 3.63) is 98.9 Å². The number of aryl methyl sites for hydroxylation is 1. The lowest BCUT2D eigenvalue weighted by atomic mass is 10.1. The van der Waals surface area contributed by atoms with Gasteiger partial charge in [0.1, 0.15) is 0 Å². The first-order valence-corrected chi connectivity index (χ1v) is 12.5. The maximum absolute atomic E-state index is 12.9. The van der Waals surface area contributed by atoms with Crippen LogP contribution < -0.4 is 10.2 Å². The number of benzene rings is 3. The molecule has 1 aliphatic rings. The number of amides is 2. The number of carbonyl (C=O) groups is 3. The molecular weight excluding hydrogens is 548 g/mol. The minimum Gasteiger partial charge on any atom is -0.452 e. The van der Waals surface area contributed by atoms with Crippen molar-refractivity contribution in [1.82, 2.24) is 0 Å². The molecule has 0 spiro atoms. The van der Waals surface area contributed by atoms with Crippen LogP contribution in [0.4, 0.5) is 11.4 Å². The molecule has 6 nitrogen and oxygen atoms in total. The maximum Gasteiger partial charge on any atom is 0.338 e. The Morgan fingerprint density at radius 2 is 1.69 bits per heavy atom. The molecule has 1 heterocycles. The molecule has 2 amide bonds. The van der Waals surface area contributed by atoms with E-state index < -0.39 is 18.5 Å². The van der Waals surface area contributed by atoms with Gasteiger partial charge in [0.25, 0.3) is 11.8 Å². The zero-order valence-electron chi connectivity index (χ0n) is 18.5. The van der Waals surface area contributed by atoms with Crippen LogP contribution in [-0.4, -0.2) is 28.7 Å². The van der Waals surface area contributed by atoms with Crippen molar-refractivity contribution in [2.24, 2.45) is 0 Å². The molecule has 0 atom stereocenters. The van der Waals surface area contributed by atoms with E-state index in [1.54, 1.807) is 42.5 Å². The molecule has 0 aromatic heterocycles. The standard InChI is InChI=1S/C26H19BrN2O4S2/c1-16-2-10-20(11-3-16)28-23(30)15-33-25(32)18-6-4-17(5-7-18)14-22-24(31)29(26(34)35-22)21-12-8-19(27)9-13-21/h2-14H,15H2,1H3,(H,28,30)/b22-14-. The van der Waals surface area contributed by atoms with Gasteiger partial charge in [-0.15, -0.1) is 0 Å². The van der Waals surface area contributed by atoms with Crippen LogP contribution in [0.1, 0.15) is 21.5 Å². The largest absolute Gasteiger partial charge is 0.452 e. The molecule has 35 heavy (non-hydrogen) atoms. The van der Waals surface area contributed by atoms with Gasteiger partial charge in [0, 0.05) is 10.2 Å². The molecule has 0 aliphatic carbocycles. The summed E-state index contributed by atoms with van der Waals surface area (Å²) in [6, 6.07) is 21.2. The number of carbonyl (C=O) groups excluding carboxylic acids is 3. The average Bonchev–Trinajstić information content (AvgIpc) is 3.12. The third kappa shape index (κ3) is 6.25. The minimum atomic E-state index is -0.614. The molecule has 3 aromatic rings. The second-order valence-electron chi connectivity index (χ2n) is 7.61. The first kappa shape index (κ1) is 24.8. The zero-order valence-corrected chi connectivity index (χ0v) is 21.7. The average molecular weight is 567 g/mol. The van der Waals surface area contributed by atoms with Gasteiger partial charge in [0.2, 0.25) is 0 Å². The first-order valence-electron chi connectivity index (χ1n) is 10.5. The SMILES string of the molecule is Cc1ccc(NC(=O)COC(=O)c2ccc(/C=C3\SC(=S)N(c4ccc(Br)cc4)C3=O)cc2)cc1. The van der Waals surface area contributed by atoms with Crippen LogP contribution in [0.2, 0.25) is 0 Å².